The predicted octanol–water partition coefficient (Wildman–Crippen LogP) is 0.730. The Kier molecular flexibility index (Phi) is 10.2. The van der Waals surface area contributed by atoms with E-state index in [1.54, 1.807) is 0 Å². The standard InChI is InChI=1S/C28H29F6N3O11/c1-5-47-15-8-12-10(6-14(15)44-2)17(11-7-16(45-3)36-37-23(11)46-4)35-28(34)22(30)21(29)27(33,25(31)26(12,28)32)48-24(43)20(42)19(41)18(40)13(39)9-38/h6-8,13,18-20,25,38-42H,5,9H2,1-4H3/t13-,18-,19+,20-,25?,26-,27-,28-/m1/s1. The number of carbonyl (C=O) groups excluding carboxylic acids is 1. The molecule has 0 saturated carbocycles. The number of halogens is 6. The summed E-state index contributed by atoms with van der Waals surface area (Å²) in [6.07, 6.45) is -15.0. The van der Waals surface area contributed by atoms with Crippen molar-refractivity contribution < 1.29 is 80.4 Å². The van der Waals surface area contributed by atoms with Gasteiger partial charge in [0.25, 0.3) is 5.79 Å². The third kappa shape index (κ3) is 5.46. The fraction of sp³-hybridized carbons (Fsp3) is 0.500. The maximum Gasteiger partial charge on any atom is 0.340 e. The minimum absolute atomic E-state index is 0.154. The fourth-order valence-corrected chi connectivity index (χ4v) is 5.09. The minimum Gasteiger partial charge on any atom is -0.493 e. The fourth-order valence-electron chi connectivity index (χ4n) is 5.09. The van der Waals surface area contributed by atoms with Crippen LogP contribution in [0, 0.1) is 0 Å². The van der Waals surface area contributed by atoms with Gasteiger partial charge in [-0.15, -0.1) is 10.2 Å². The summed E-state index contributed by atoms with van der Waals surface area (Å²) in [7, 11) is 3.36. The van der Waals surface area contributed by atoms with Crippen molar-refractivity contribution in [1.82, 2.24) is 10.2 Å². The van der Waals surface area contributed by atoms with Crippen LogP contribution in [0.15, 0.2) is 34.8 Å². The Morgan fingerprint density at radius 3 is 2.15 bits per heavy atom. The number of hydrogen-bond donors (Lipinski definition) is 5. The zero-order chi connectivity index (χ0) is 35.9. The van der Waals surface area contributed by atoms with E-state index in [4.69, 9.17) is 24.1 Å². The Labute approximate surface area is 266 Å². The molecule has 2 aromatic rings. The molecule has 20 heteroatoms. The number of aromatic nitrogens is 2. The monoisotopic (exact) mass is 697 g/mol. The van der Waals surface area contributed by atoms with Gasteiger partial charge in [0.2, 0.25) is 35.3 Å². The van der Waals surface area contributed by atoms with Crippen LogP contribution in [0.1, 0.15) is 23.6 Å². The molecule has 1 aliphatic heterocycles. The van der Waals surface area contributed by atoms with Crippen LogP contribution in [-0.2, 0) is 15.2 Å². The Morgan fingerprint density at radius 2 is 1.58 bits per heavy atom. The van der Waals surface area contributed by atoms with Gasteiger partial charge in [0, 0.05) is 17.2 Å². The van der Waals surface area contributed by atoms with E-state index in [-0.39, 0.29) is 23.8 Å². The second kappa shape index (κ2) is 13.3. The molecule has 8 atom stereocenters. The lowest BCUT2D eigenvalue weighted by Gasteiger charge is -2.48. The van der Waals surface area contributed by atoms with Gasteiger partial charge in [-0.3, -0.25) is 0 Å². The van der Waals surface area contributed by atoms with Gasteiger partial charge >= 0.3 is 11.8 Å². The molecule has 1 aromatic heterocycles. The summed E-state index contributed by atoms with van der Waals surface area (Å²) in [6, 6.07) is 2.54. The average molecular weight is 698 g/mol. The summed E-state index contributed by atoms with van der Waals surface area (Å²) >= 11 is 0. The van der Waals surface area contributed by atoms with E-state index < -0.39 is 101 Å². The van der Waals surface area contributed by atoms with Gasteiger partial charge in [-0.25, -0.2) is 31.7 Å². The van der Waals surface area contributed by atoms with Crippen LogP contribution >= 0.6 is 0 Å². The number of methoxy groups -OCH3 is 3. The summed E-state index contributed by atoms with van der Waals surface area (Å²) in [6.45, 7) is 0.0731. The molecule has 0 fully saturated rings. The second-order valence-electron chi connectivity index (χ2n) is 10.3. The van der Waals surface area contributed by atoms with E-state index >= 15 is 26.3 Å². The molecule has 14 nitrogen and oxygen atoms in total. The van der Waals surface area contributed by atoms with Crippen LogP contribution < -0.4 is 18.9 Å². The first-order valence-corrected chi connectivity index (χ1v) is 13.8. The van der Waals surface area contributed by atoms with Gasteiger partial charge in [-0.2, -0.15) is 4.39 Å². The largest absolute Gasteiger partial charge is 0.493 e. The minimum atomic E-state index is -5.19. The van der Waals surface area contributed by atoms with Gasteiger partial charge in [0.05, 0.1) is 45.8 Å². The van der Waals surface area contributed by atoms with Crippen molar-refractivity contribution >= 4 is 11.7 Å². The highest BCUT2D eigenvalue weighted by atomic mass is 19.2. The molecule has 0 saturated heterocycles. The summed E-state index contributed by atoms with van der Waals surface area (Å²) in [5, 5.41) is 55.4. The van der Waals surface area contributed by atoms with Crippen LogP contribution in [0.2, 0.25) is 0 Å². The van der Waals surface area contributed by atoms with E-state index in [9.17, 15) is 25.2 Å². The number of nitrogens with zero attached hydrogens (tertiary/aromatic N) is 3. The molecule has 0 bridgehead atoms. The maximum atomic E-state index is 17.3. The lowest BCUT2D eigenvalue weighted by Crippen LogP contribution is -2.65. The molecule has 0 amide bonds. The number of carbonyl (C=O) groups is 1. The molecule has 1 aliphatic carbocycles. The Hall–Kier alpha value is -4.24. The normalized spacial score (nSPS) is 27.5. The second-order valence-corrected chi connectivity index (χ2v) is 10.3. The van der Waals surface area contributed by atoms with Crippen molar-refractivity contribution in [2.45, 2.75) is 54.8 Å². The molecule has 0 spiro atoms. The van der Waals surface area contributed by atoms with Crippen molar-refractivity contribution in [2.75, 3.05) is 34.5 Å². The molecular weight excluding hydrogens is 668 g/mol. The topological polar surface area (TPSA) is 203 Å². The summed E-state index contributed by atoms with van der Waals surface area (Å²) in [5.74, 6) is -20.1. The van der Waals surface area contributed by atoms with Crippen molar-refractivity contribution in [1.29, 1.82) is 0 Å². The van der Waals surface area contributed by atoms with Crippen LogP contribution in [-0.4, -0.2) is 124 Å². The number of fused-ring (bicyclic) bond motifs is 3. The third-order valence-electron chi connectivity index (χ3n) is 7.60. The van der Waals surface area contributed by atoms with E-state index in [1.165, 1.54) is 6.92 Å². The number of alkyl halides is 4. The molecule has 48 heavy (non-hydrogen) atoms. The number of benzene rings is 1. The molecular formula is C28H29F6N3O11. The van der Waals surface area contributed by atoms with Gasteiger partial charge in [0.1, 0.15) is 18.3 Å². The Balaban J connectivity index is 2.00. The number of rotatable bonds is 12. The van der Waals surface area contributed by atoms with Gasteiger partial charge in [0.15, 0.2) is 17.6 Å². The Bertz CT molecular complexity index is 1640. The summed E-state index contributed by atoms with van der Waals surface area (Å²) < 4.78 is 123. The van der Waals surface area contributed by atoms with E-state index in [0.29, 0.717) is 6.07 Å². The highest BCUT2D eigenvalue weighted by Gasteiger charge is 2.78. The highest BCUT2D eigenvalue weighted by molar-refractivity contribution is 6.16. The lowest BCUT2D eigenvalue weighted by atomic mass is 9.70. The first-order valence-electron chi connectivity index (χ1n) is 13.8. The predicted molar refractivity (Wildman–Crippen MR) is 147 cm³/mol. The highest BCUT2D eigenvalue weighted by Crippen LogP contribution is 2.63. The summed E-state index contributed by atoms with van der Waals surface area (Å²) in [4.78, 5) is 15.9. The third-order valence-corrected chi connectivity index (χ3v) is 7.60. The molecule has 0 radical (unpaired) electrons. The lowest BCUT2D eigenvalue weighted by molar-refractivity contribution is -0.248. The van der Waals surface area contributed by atoms with Crippen LogP contribution in [0.25, 0.3) is 0 Å². The number of aliphatic hydroxyl groups excluding tert-OH is 5. The zero-order valence-corrected chi connectivity index (χ0v) is 25.3. The summed E-state index contributed by atoms with van der Waals surface area (Å²) in [5.41, 5.74) is -7.81. The smallest absolute Gasteiger partial charge is 0.340 e. The quantitative estimate of drug-likeness (QED) is 0.118. The van der Waals surface area contributed by atoms with Crippen molar-refractivity contribution in [3.63, 3.8) is 0 Å². The molecule has 4 rings (SSSR count). The van der Waals surface area contributed by atoms with Crippen molar-refractivity contribution in [3.8, 4) is 23.3 Å². The molecule has 5 N–H and O–H groups in total. The van der Waals surface area contributed by atoms with Crippen molar-refractivity contribution in [3.05, 3.63) is 46.5 Å². The van der Waals surface area contributed by atoms with Gasteiger partial charge in [-0.1, -0.05) is 0 Å². The molecule has 1 unspecified atom stereocenters. The van der Waals surface area contributed by atoms with E-state index in [2.05, 4.69) is 19.9 Å². The van der Waals surface area contributed by atoms with Crippen molar-refractivity contribution in [2.24, 2.45) is 4.99 Å². The number of aliphatic hydroxyl groups is 5. The van der Waals surface area contributed by atoms with Crippen LogP contribution in [0.5, 0.6) is 23.3 Å². The molecule has 264 valence electrons. The molecule has 2 heterocycles. The first-order chi connectivity index (χ1) is 22.5. The van der Waals surface area contributed by atoms with E-state index in [0.717, 1.165) is 33.5 Å². The van der Waals surface area contributed by atoms with E-state index in [1.807, 2.05) is 0 Å². The van der Waals surface area contributed by atoms with Crippen LogP contribution in [0.4, 0.5) is 26.3 Å². The maximum absolute atomic E-state index is 17.3. The number of esters is 1. The van der Waals surface area contributed by atoms with Crippen LogP contribution in [0.3, 0.4) is 0 Å². The van der Waals surface area contributed by atoms with Gasteiger partial charge in [-0.05, 0) is 19.1 Å². The average Bonchev–Trinajstić information content (AvgIpc) is 3.09. The van der Waals surface area contributed by atoms with Gasteiger partial charge < -0.3 is 49.2 Å². The number of ether oxygens (including phenoxy) is 5. The molecule has 1 aromatic carbocycles. The molecule has 2 aliphatic rings. The SMILES string of the molecule is CCOc1cc2c(cc1OC)C(c1cc(OC)nnc1OC)=N[C@]1(F)C(F)=C(F)[C@@](F)(OC(=O)[C@H](O)[C@@H](O)[C@H](O)[C@H](O)CO)C(F)[C@]21F. The number of aliphatic imine (C=N–C) groups is 1. The zero-order valence-electron chi connectivity index (χ0n) is 25.3. The Morgan fingerprint density at radius 1 is 0.917 bits per heavy atom. The first kappa shape index (κ1) is 36.6. The number of hydrogen-bond acceptors (Lipinski definition) is 14.